The van der Waals surface area contributed by atoms with Crippen molar-refractivity contribution in [2.45, 2.75) is 59.4 Å². The minimum atomic E-state index is -0.301. The Bertz CT molecular complexity index is 585. The lowest BCUT2D eigenvalue weighted by molar-refractivity contribution is 0.0526. The number of anilines is 1. The van der Waals surface area contributed by atoms with E-state index in [1.54, 1.807) is 19.1 Å². The largest absolute Gasteiger partial charge is 0.462 e. The van der Waals surface area contributed by atoms with Crippen molar-refractivity contribution < 1.29 is 9.53 Å². The molecule has 5 heteroatoms. The Hall–Kier alpha value is -1.62. The standard InChI is InChI=1S/C20H30N2O2S/c1-5-24-18(23)14-6-10-16(11-7-14)21-19(25)22-17-12-8-15(9-13-17)20(2,3)4/h6-7,10-11,15,17H,5,8-9,12-13H2,1-4H3,(H2,21,22,25). The molecule has 0 unspecified atom stereocenters. The first-order valence-electron chi connectivity index (χ1n) is 9.14. The van der Waals surface area contributed by atoms with Crippen LogP contribution in [0.3, 0.4) is 0 Å². The Labute approximate surface area is 156 Å². The van der Waals surface area contributed by atoms with E-state index in [4.69, 9.17) is 17.0 Å². The summed E-state index contributed by atoms with van der Waals surface area (Å²) in [6.07, 6.45) is 4.81. The summed E-state index contributed by atoms with van der Waals surface area (Å²) in [6.45, 7) is 9.17. The summed E-state index contributed by atoms with van der Waals surface area (Å²) in [7, 11) is 0. The zero-order chi connectivity index (χ0) is 18.4. The van der Waals surface area contributed by atoms with E-state index in [0.717, 1.165) is 24.4 Å². The number of carbonyl (C=O) groups is 1. The van der Waals surface area contributed by atoms with E-state index in [2.05, 4.69) is 31.4 Å². The van der Waals surface area contributed by atoms with E-state index in [9.17, 15) is 4.79 Å². The van der Waals surface area contributed by atoms with Gasteiger partial charge in [-0.25, -0.2) is 4.79 Å². The molecule has 1 saturated carbocycles. The molecule has 0 atom stereocenters. The van der Waals surface area contributed by atoms with Crippen LogP contribution in [-0.2, 0) is 4.74 Å². The van der Waals surface area contributed by atoms with Gasteiger partial charge in [0.2, 0.25) is 0 Å². The molecule has 0 amide bonds. The number of benzene rings is 1. The third-order valence-corrected chi connectivity index (χ3v) is 5.16. The second kappa shape index (κ2) is 8.65. The number of esters is 1. The monoisotopic (exact) mass is 362 g/mol. The molecular formula is C20H30N2O2S. The Morgan fingerprint density at radius 1 is 1.16 bits per heavy atom. The van der Waals surface area contributed by atoms with Gasteiger partial charge in [-0.05, 0) is 80.4 Å². The molecule has 138 valence electrons. The minimum absolute atomic E-state index is 0.301. The maximum absolute atomic E-state index is 11.7. The highest BCUT2D eigenvalue weighted by atomic mass is 32.1. The SMILES string of the molecule is CCOC(=O)c1ccc(NC(=S)NC2CCC(C(C)(C)C)CC2)cc1. The Kier molecular flexibility index (Phi) is 6.82. The van der Waals surface area contributed by atoms with Gasteiger partial charge < -0.3 is 15.4 Å². The molecule has 1 fully saturated rings. The lowest BCUT2D eigenvalue weighted by Crippen LogP contribution is -2.41. The van der Waals surface area contributed by atoms with Gasteiger partial charge in [0.15, 0.2) is 5.11 Å². The smallest absolute Gasteiger partial charge is 0.338 e. The number of hydrogen-bond donors (Lipinski definition) is 2. The fourth-order valence-corrected chi connectivity index (χ4v) is 3.64. The highest BCUT2D eigenvalue weighted by molar-refractivity contribution is 7.80. The molecule has 0 saturated heterocycles. The molecule has 0 bridgehead atoms. The van der Waals surface area contributed by atoms with Crippen molar-refractivity contribution in [3.05, 3.63) is 29.8 Å². The summed E-state index contributed by atoms with van der Waals surface area (Å²) in [5.74, 6) is 0.493. The molecule has 0 aliphatic heterocycles. The molecule has 1 aromatic rings. The summed E-state index contributed by atoms with van der Waals surface area (Å²) in [5.41, 5.74) is 1.81. The van der Waals surface area contributed by atoms with Gasteiger partial charge in [0, 0.05) is 11.7 Å². The summed E-state index contributed by atoms with van der Waals surface area (Å²) in [6, 6.07) is 7.63. The predicted molar refractivity (Wildman–Crippen MR) is 107 cm³/mol. The van der Waals surface area contributed by atoms with Crippen LogP contribution >= 0.6 is 12.2 Å². The van der Waals surface area contributed by atoms with Crippen LogP contribution in [0.1, 0.15) is 63.7 Å². The van der Waals surface area contributed by atoms with E-state index in [1.165, 1.54) is 12.8 Å². The lowest BCUT2D eigenvalue weighted by atomic mass is 9.71. The highest BCUT2D eigenvalue weighted by Crippen LogP contribution is 2.37. The average molecular weight is 363 g/mol. The van der Waals surface area contributed by atoms with Crippen LogP contribution in [0.15, 0.2) is 24.3 Å². The normalized spacial score (nSPS) is 20.6. The maximum Gasteiger partial charge on any atom is 0.338 e. The molecule has 2 N–H and O–H groups in total. The zero-order valence-corrected chi connectivity index (χ0v) is 16.5. The first kappa shape index (κ1) is 19.7. The Morgan fingerprint density at radius 2 is 1.76 bits per heavy atom. The van der Waals surface area contributed by atoms with Crippen LogP contribution in [0.2, 0.25) is 0 Å². The first-order valence-corrected chi connectivity index (χ1v) is 9.55. The predicted octanol–water partition coefficient (Wildman–Crippen LogP) is 4.75. The van der Waals surface area contributed by atoms with Gasteiger partial charge in [-0.3, -0.25) is 0 Å². The second-order valence-electron chi connectivity index (χ2n) is 7.81. The van der Waals surface area contributed by atoms with Gasteiger partial charge in [0.1, 0.15) is 0 Å². The Balaban J connectivity index is 1.80. The van der Waals surface area contributed by atoms with E-state index in [0.29, 0.717) is 28.7 Å². The summed E-state index contributed by atoms with van der Waals surface area (Å²) < 4.78 is 4.98. The van der Waals surface area contributed by atoms with Gasteiger partial charge >= 0.3 is 5.97 Å². The quantitative estimate of drug-likeness (QED) is 0.598. The maximum atomic E-state index is 11.7. The van der Waals surface area contributed by atoms with Crippen molar-refractivity contribution in [3.63, 3.8) is 0 Å². The lowest BCUT2D eigenvalue weighted by Gasteiger charge is -2.37. The zero-order valence-electron chi connectivity index (χ0n) is 15.7. The summed E-state index contributed by atoms with van der Waals surface area (Å²) in [4.78, 5) is 11.7. The number of nitrogens with one attached hydrogen (secondary N) is 2. The third kappa shape index (κ3) is 5.99. The van der Waals surface area contributed by atoms with Crippen LogP contribution < -0.4 is 10.6 Å². The summed E-state index contributed by atoms with van der Waals surface area (Å²) >= 11 is 5.43. The second-order valence-corrected chi connectivity index (χ2v) is 8.22. The van der Waals surface area contributed by atoms with Crippen LogP contribution in [0.25, 0.3) is 0 Å². The van der Waals surface area contributed by atoms with Crippen LogP contribution in [-0.4, -0.2) is 23.7 Å². The number of carbonyl (C=O) groups excluding carboxylic acids is 1. The van der Waals surface area contributed by atoms with Gasteiger partial charge in [-0.1, -0.05) is 20.8 Å². The van der Waals surface area contributed by atoms with Gasteiger partial charge in [-0.2, -0.15) is 0 Å². The molecule has 0 aromatic heterocycles. The van der Waals surface area contributed by atoms with Crippen LogP contribution in [0.4, 0.5) is 5.69 Å². The fourth-order valence-electron chi connectivity index (χ4n) is 3.36. The van der Waals surface area contributed by atoms with E-state index in [1.807, 2.05) is 12.1 Å². The van der Waals surface area contributed by atoms with E-state index in [-0.39, 0.29) is 5.97 Å². The number of rotatable bonds is 4. The molecule has 2 rings (SSSR count). The van der Waals surface area contributed by atoms with Crippen molar-refractivity contribution in [1.82, 2.24) is 5.32 Å². The number of ether oxygens (including phenoxy) is 1. The number of thiocarbonyl (C=S) groups is 1. The van der Waals surface area contributed by atoms with Gasteiger partial charge in [0.05, 0.1) is 12.2 Å². The molecular weight excluding hydrogens is 332 g/mol. The molecule has 1 aliphatic rings. The molecule has 0 spiro atoms. The van der Waals surface area contributed by atoms with Crippen LogP contribution in [0.5, 0.6) is 0 Å². The minimum Gasteiger partial charge on any atom is -0.462 e. The average Bonchev–Trinajstić information content (AvgIpc) is 2.55. The molecule has 0 radical (unpaired) electrons. The van der Waals surface area contributed by atoms with Crippen molar-refractivity contribution >= 4 is 29.0 Å². The van der Waals surface area contributed by atoms with Crippen LogP contribution in [0, 0.1) is 11.3 Å². The first-order chi connectivity index (χ1) is 11.8. The number of hydrogen-bond acceptors (Lipinski definition) is 3. The highest BCUT2D eigenvalue weighted by Gasteiger charge is 2.29. The van der Waals surface area contributed by atoms with E-state index < -0.39 is 0 Å². The van der Waals surface area contributed by atoms with Gasteiger partial charge in [0.25, 0.3) is 0 Å². The van der Waals surface area contributed by atoms with Crippen molar-refractivity contribution in [2.24, 2.45) is 11.3 Å². The third-order valence-electron chi connectivity index (χ3n) is 4.94. The van der Waals surface area contributed by atoms with E-state index >= 15 is 0 Å². The molecule has 1 aromatic carbocycles. The Morgan fingerprint density at radius 3 is 2.28 bits per heavy atom. The van der Waals surface area contributed by atoms with Gasteiger partial charge in [-0.15, -0.1) is 0 Å². The fraction of sp³-hybridized carbons (Fsp3) is 0.600. The van der Waals surface area contributed by atoms with Crippen molar-refractivity contribution in [1.29, 1.82) is 0 Å². The molecule has 25 heavy (non-hydrogen) atoms. The topological polar surface area (TPSA) is 50.4 Å². The summed E-state index contributed by atoms with van der Waals surface area (Å²) in [5, 5.41) is 7.26. The van der Waals surface area contributed by atoms with Crippen molar-refractivity contribution in [2.75, 3.05) is 11.9 Å². The molecule has 4 nitrogen and oxygen atoms in total. The molecule has 1 aliphatic carbocycles. The van der Waals surface area contributed by atoms with Crippen molar-refractivity contribution in [3.8, 4) is 0 Å². The molecule has 0 heterocycles.